The molecule has 3 rings (SSSR count). The van der Waals surface area contributed by atoms with Gasteiger partial charge in [0.2, 0.25) is 5.95 Å². The number of anilines is 1. The molecule has 0 fully saturated rings. The van der Waals surface area contributed by atoms with Gasteiger partial charge in [0.05, 0.1) is 12.9 Å². The molecule has 10 heteroatoms. The molecule has 0 atom stereocenters. The number of nitrogens with zero attached hydrogens (tertiary/aromatic N) is 4. The number of aromatic nitrogens is 4. The molecular formula is C16H16ClN5O3S. The van der Waals surface area contributed by atoms with Crippen LogP contribution in [-0.4, -0.2) is 38.7 Å². The maximum Gasteiger partial charge on any atom is 0.302 e. The molecule has 0 saturated heterocycles. The standard InChI is InChI=1S/C16H16ClN5O3S/c1-10(23)25-7-6-24-9-22-8-19-13-14(22)20-16(18)21-15(13)26-12-4-2-11(17)3-5-12/h2-5,8H,6-7,9H2,1H3,(H2,18,20,21). The summed E-state index contributed by atoms with van der Waals surface area (Å²) >= 11 is 7.34. The molecule has 26 heavy (non-hydrogen) atoms. The molecule has 0 saturated carbocycles. The smallest absolute Gasteiger partial charge is 0.302 e. The van der Waals surface area contributed by atoms with E-state index in [1.54, 1.807) is 23.0 Å². The molecule has 1 aromatic carbocycles. The van der Waals surface area contributed by atoms with Crippen molar-refractivity contribution in [1.82, 2.24) is 19.5 Å². The van der Waals surface area contributed by atoms with Gasteiger partial charge in [0.15, 0.2) is 5.65 Å². The Labute approximate surface area is 158 Å². The molecule has 0 spiro atoms. The van der Waals surface area contributed by atoms with Crippen LogP contribution in [0.25, 0.3) is 11.2 Å². The summed E-state index contributed by atoms with van der Waals surface area (Å²) in [5, 5.41) is 1.31. The van der Waals surface area contributed by atoms with Crippen molar-refractivity contribution < 1.29 is 14.3 Å². The number of carbonyl (C=O) groups is 1. The topological polar surface area (TPSA) is 105 Å². The fourth-order valence-corrected chi connectivity index (χ4v) is 3.12. The first kappa shape index (κ1) is 18.4. The lowest BCUT2D eigenvalue weighted by molar-refractivity contribution is -0.142. The number of benzene rings is 1. The van der Waals surface area contributed by atoms with E-state index in [2.05, 4.69) is 15.0 Å². The van der Waals surface area contributed by atoms with Crippen LogP contribution in [0.2, 0.25) is 5.02 Å². The molecule has 3 aromatic rings. The molecule has 2 aromatic heterocycles. The Morgan fingerprint density at radius 2 is 2.04 bits per heavy atom. The van der Waals surface area contributed by atoms with Crippen molar-refractivity contribution in [2.75, 3.05) is 18.9 Å². The van der Waals surface area contributed by atoms with Crippen molar-refractivity contribution in [1.29, 1.82) is 0 Å². The third-order valence-electron chi connectivity index (χ3n) is 3.24. The van der Waals surface area contributed by atoms with Crippen molar-refractivity contribution in [3.8, 4) is 0 Å². The number of rotatable bonds is 7. The highest BCUT2D eigenvalue weighted by molar-refractivity contribution is 7.99. The van der Waals surface area contributed by atoms with E-state index in [4.69, 9.17) is 26.8 Å². The van der Waals surface area contributed by atoms with Crippen LogP contribution in [0.4, 0.5) is 5.95 Å². The quantitative estimate of drug-likeness (QED) is 0.371. The molecule has 0 aliphatic carbocycles. The van der Waals surface area contributed by atoms with E-state index in [1.165, 1.54) is 18.7 Å². The Morgan fingerprint density at radius 1 is 1.27 bits per heavy atom. The van der Waals surface area contributed by atoms with Gasteiger partial charge in [-0.15, -0.1) is 0 Å². The average molecular weight is 394 g/mol. The van der Waals surface area contributed by atoms with Crippen molar-refractivity contribution >= 4 is 46.4 Å². The van der Waals surface area contributed by atoms with E-state index in [9.17, 15) is 4.79 Å². The van der Waals surface area contributed by atoms with E-state index in [0.717, 1.165) is 4.90 Å². The molecule has 0 aliphatic heterocycles. The first-order chi connectivity index (χ1) is 12.5. The van der Waals surface area contributed by atoms with E-state index >= 15 is 0 Å². The lowest BCUT2D eigenvalue weighted by Gasteiger charge is -2.07. The minimum atomic E-state index is -0.342. The molecule has 0 radical (unpaired) electrons. The number of ether oxygens (including phenoxy) is 2. The SMILES string of the molecule is CC(=O)OCCOCn1cnc2c(Sc3ccc(Cl)cc3)nc(N)nc21. The van der Waals surface area contributed by atoms with Crippen LogP contribution in [0.1, 0.15) is 6.92 Å². The zero-order valence-electron chi connectivity index (χ0n) is 13.9. The number of nitrogens with two attached hydrogens (primary N) is 1. The third-order valence-corrected chi connectivity index (χ3v) is 4.48. The van der Waals surface area contributed by atoms with Crippen LogP contribution in [0.5, 0.6) is 0 Å². The third kappa shape index (κ3) is 4.63. The van der Waals surface area contributed by atoms with Gasteiger partial charge in [-0.25, -0.2) is 9.97 Å². The van der Waals surface area contributed by atoms with Crippen LogP contribution in [0, 0.1) is 0 Å². The average Bonchev–Trinajstić information content (AvgIpc) is 2.99. The van der Waals surface area contributed by atoms with E-state index < -0.39 is 0 Å². The first-order valence-corrected chi connectivity index (χ1v) is 8.85. The summed E-state index contributed by atoms with van der Waals surface area (Å²) in [5.74, 6) is -0.193. The summed E-state index contributed by atoms with van der Waals surface area (Å²) in [6.07, 6.45) is 1.61. The van der Waals surface area contributed by atoms with Crippen molar-refractivity contribution in [2.45, 2.75) is 23.6 Å². The Balaban J connectivity index is 1.75. The van der Waals surface area contributed by atoms with Gasteiger partial charge < -0.3 is 15.2 Å². The van der Waals surface area contributed by atoms with Gasteiger partial charge in [-0.2, -0.15) is 4.98 Å². The molecule has 0 bridgehead atoms. The van der Waals surface area contributed by atoms with Crippen LogP contribution in [0.3, 0.4) is 0 Å². The zero-order valence-corrected chi connectivity index (χ0v) is 15.5. The molecule has 0 unspecified atom stereocenters. The highest BCUT2D eigenvalue weighted by atomic mass is 35.5. The fraction of sp³-hybridized carbons (Fsp3) is 0.250. The first-order valence-electron chi connectivity index (χ1n) is 7.66. The molecule has 2 heterocycles. The normalized spacial score (nSPS) is 11.0. The molecular weight excluding hydrogens is 378 g/mol. The van der Waals surface area contributed by atoms with Crippen LogP contribution in [-0.2, 0) is 21.0 Å². The summed E-state index contributed by atoms with van der Waals surface area (Å²) in [6, 6.07) is 7.40. The van der Waals surface area contributed by atoms with Crippen LogP contribution in [0.15, 0.2) is 40.5 Å². The van der Waals surface area contributed by atoms with Crippen LogP contribution < -0.4 is 5.73 Å². The number of hydrogen-bond acceptors (Lipinski definition) is 8. The predicted octanol–water partition coefficient (Wildman–Crippen LogP) is 2.75. The van der Waals surface area contributed by atoms with Crippen molar-refractivity contribution in [3.05, 3.63) is 35.6 Å². The highest BCUT2D eigenvalue weighted by Gasteiger charge is 2.13. The van der Waals surface area contributed by atoms with Gasteiger partial charge >= 0.3 is 5.97 Å². The number of imidazole rings is 1. The van der Waals surface area contributed by atoms with Crippen LogP contribution >= 0.6 is 23.4 Å². The largest absolute Gasteiger partial charge is 0.463 e. The predicted molar refractivity (Wildman–Crippen MR) is 97.9 cm³/mol. The Bertz CT molecular complexity index is 916. The Morgan fingerprint density at radius 3 is 2.77 bits per heavy atom. The fourth-order valence-electron chi connectivity index (χ4n) is 2.12. The molecule has 0 aliphatic rings. The summed E-state index contributed by atoms with van der Waals surface area (Å²) in [5.41, 5.74) is 7.04. The number of carbonyl (C=O) groups excluding carboxylic acids is 1. The maximum absolute atomic E-state index is 10.7. The Kier molecular flexibility index (Phi) is 5.92. The van der Waals surface area contributed by atoms with E-state index in [-0.39, 0.29) is 31.9 Å². The second-order valence-corrected chi connectivity index (χ2v) is 6.71. The molecule has 8 nitrogen and oxygen atoms in total. The van der Waals surface area contributed by atoms with Gasteiger partial charge in [-0.05, 0) is 24.3 Å². The molecule has 2 N–H and O–H groups in total. The summed E-state index contributed by atoms with van der Waals surface area (Å²) in [7, 11) is 0. The monoisotopic (exact) mass is 393 g/mol. The second-order valence-electron chi connectivity index (χ2n) is 5.21. The number of esters is 1. The second kappa shape index (κ2) is 8.35. The van der Waals surface area contributed by atoms with E-state index in [0.29, 0.717) is 21.2 Å². The van der Waals surface area contributed by atoms with Gasteiger partial charge in [0.1, 0.15) is 23.9 Å². The minimum absolute atomic E-state index is 0.149. The van der Waals surface area contributed by atoms with Gasteiger partial charge in [-0.3, -0.25) is 9.36 Å². The van der Waals surface area contributed by atoms with Crippen molar-refractivity contribution in [2.24, 2.45) is 0 Å². The van der Waals surface area contributed by atoms with Gasteiger partial charge in [-0.1, -0.05) is 23.4 Å². The minimum Gasteiger partial charge on any atom is -0.463 e. The summed E-state index contributed by atoms with van der Waals surface area (Å²) in [6.45, 7) is 2.02. The highest BCUT2D eigenvalue weighted by Crippen LogP contribution is 2.31. The summed E-state index contributed by atoms with van der Waals surface area (Å²) < 4.78 is 12.0. The molecule has 136 valence electrons. The number of nitrogen functional groups attached to an aromatic ring is 1. The number of hydrogen-bond donors (Lipinski definition) is 1. The van der Waals surface area contributed by atoms with Crippen molar-refractivity contribution in [3.63, 3.8) is 0 Å². The maximum atomic E-state index is 10.7. The zero-order chi connectivity index (χ0) is 18.5. The lowest BCUT2D eigenvalue weighted by Crippen LogP contribution is -2.10. The Hall–Kier alpha value is -2.36. The lowest BCUT2D eigenvalue weighted by atomic mass is 10.4. The number of halogens is 1. The number of fused-ring (bicyclic) bond motifs is 1. The summed E-state index contributed by atoms with van der Waals surface area (Å²) in [4.78, 5) is 24.6. The van der Waals surface area contributed by atoms with E-state index in [1.807, 2.05) is 12.1 Å². The van der Waals surface area contributed by atoms with Gasteiger partial charge in [0, 0.05) is 16.8 Å². The van der Waals surface area contributed by atoms with Gasteiger partial charge in [0.25, 0.3) is 0 Å². The molecule has 0 amide bonds.